The number of imide groups is 1. The fourth-order valence-corrected chi connectivity index (χ4v) is 5.01. The molecule has 5 aromatic rings. The minimum atomic E-state index is -0.289. The molecule has 0 N–H and O–H groups in total. The zero-order chi connectivity index (χ0) is 23.6. The standard InChI is InChI=1S/C29H19N3O2/c1-17-15-19(30-2)12-14-20(17)18-11-13-22-21-7-4-5-9-24(21)32(26(22)16-18)25-10-6-8-23-27(25)29(34)31(3)28(23)33/h4-16H,1,3H3. The number of benzene rings is 4. The Morgan fingerprint density at radius 2 is 1.56 bits per heavy atom. The molecule has 5 heteroatoms. The Morgan fingerprint density at radius 1 is 0.765 bits per heavy atom. The van der Waals surface area contributed by atoms with E-state index in [0.29, 0.717) is 22.5 Å². The Hall–Kier alpha value is -4.69. The summed E-state index contributed by atoms with van der Waals surface area (Å²) in [6.45, 7) is 9.29. The first-order valence-electron chi connectivity index (χ1n) is 11.0. The van der Waals surface area contributed by atoms with Crippen LogP contribution in [0.3, 0.4) is 0 Å². The first-order valence-corrected chi connectivity index (χ1v) is 11.0. The molecule has 0 saturated carbocycles. The summed E-state index contributed by atoms with van der Waals surface area (Å²) in [5.74, 6) is -0.568. The monoisotopic (exact) mass is 441 g/mol. The minimum Gasteiger partial charge on any atom is -0.308 e. The smallest absolute Gasteiger partial charge is 0.263 e. The Bertz CT molecular complexity index is 1740. The van der Waals surface area contributed by atoms with Crippen molar-refractivity contribution in [1.82, 2.24) is 9.47 Å². The second-order valence-electron chi connectivity index (χ2n) is 8.56. The maximum atomic E-state index is 13.1. The van der Waals surface area contributed by atoms with Gasteiger partial charge in [-0.1, -0.05) is 60.2 Å². The van der Waals surface area contributed by atoms with Crippen LogP contribution in [0.25, 0.3) is 43.5 Å². The van der Waals surface area contributed by atoms with Crippen LogP contribution in [0.4, 0.5) is 5.69 Å². The number of carbonyl (C=O) groups excluding carboxylic acids is 2. The SMILES string of the molecule is [C-]#[N+]c1ccc(-c2ccc3c4ccccc4n(-c4cccc5c4C(=O)N(C)C5=O)c3c2)c(C)c1. The number of hydrogen-bond acceptors (Lipinski definition) is 2. The van der Waals surface area contributed by atoms with Gasteiger partial charge < -0.3 is 4.57 Å². The van der Waals surface area contributed by atoms with Gasteiger partial charge in [-0.15, -0.1) is 0 Å². The van der Waals surface area contributed by atoms with Crippen molar-refractivity contribution >= 4 is 39.3 Å². The van der Waals surface area contributed by atoms with Gasteiger partial charge in [-0.05, 0) is 42.3 Å². The molecule has 1 aliphatic heterocycles. The Balaban J connectivity index is 1.69. The number of carbonyl (C=O) groups is 2. The van der Waals surface area contributed by atoms with Gasteiger partial charge in [-0.25, -0.2) is 4.85 Å². The molecule has 162 valence electrons. The molecular weight excluding hydrogens is 422 g/mol. The Labute approximate surface area is 196 Å². The molecule has 0 atom stereocenters. The summed E-state index contributed by atoms with van der Waals surface area (Å²) in [4.78, 5) is 30.4. The van der Waals surface area contributed by atoms with E-state index in [1.807, 2.05) is 55.5 Å². The number of nitrogens with zero attached hydrogens (tertiary/aromatic N) is 3. The molecule has 0 radical (unpaired) electrons. The number of para-hydroxylation sites is 1. The third-order valence-electron chi connectivity index (χ3n) is 6.66. The zero-order valence-electron chi connectivity index (χ0n) is 18.7. The number of fused-ring (bicyclic) bond motifs is 4. The highest BCUT2D eigenvalue weighted by atomic mass is 16.2. The largest absolute Gasteiger partial charge is 0.308 e. The average Bonchev–Trinajstić information content (AvgIpc) is 3.30. The third-order valence-corrected chi connectivity index (χ3v) is 6.66. The van der Waals surface area contributed by atoms with Crippen LogP contribution in [0.2, 0.25) is 0 Å². The number of aromatic nitrogens is 1. The lowest BCUT2D eigenvalue weighted by Crippen LogP contribution is -2.24. The molecule has 2 amide bonds. The summed E-state index contributed by atoms with van der Waals surface area (Å²) in [7, 11) is 1.52. The second-order valence-corrected chi connectivity index (χ2v) is 8.56. The molecule has 6 rings (SSSR count). The summed E-state index contributed by atoms with van der Waals surface area (Å²) in [5, 5.41) is 2.14. The van der Waals surface area contributed by atoms with Crippen molar-refractivity contribution in [2.75, 3.05) is 7.05 Å². The summed E-state index contributed by atoms with van der Waals surface area (Å²) in [6.07, 6.45) is 0. The van der Waals surface area contributed by atoms with Crippen molar-refractivity contribution in [3.63, 3.8) is 0 Å². The lowest BCUT2D eigenvalue weighted by atomic mass is 9.98. The van der Waals surface area contributed by atoms with E-state index in [9.17, 15) is 9.59 Å². The van der Waals surface area contributed by atoms with E-state index in [1.165, 1.54) is 11.9 Å². The fraction of sp³-hybridized carbons (Fsp3) is 0.0690. The number of aryl methyl sites for hydroxylation is 1. The van der Waals surface area contributed by atoms with E-state index in [4.69, 9.17) is 6.57 Å². The first-order chi connectivity index (χ1) is 16.5. The van der Waals surface area contributed by atoms with E-state index in [0.717, 1.165) is 38.5 Å². The molecule has 1 aliphatic rings. The van der Waals surface area contributed by atoms with Gasteiger partial charge in [0.1, 0.15) is 0 Å². The van der Waals surface area contributed by atoms with Crippen molar-refractivity contribution in [1.29, 1.82) is 0 Å². The molecule has 0 fully saturated rings. The topological polar surface area (TPSA) is 46.7 Å². The molecule has 0 unspecified atom stereocenters. The highest BCUT2D eigenvalue weighted by Crippen LogP contribution is 2.38. The molecule has 0 bridgehead atoms. The van der Waals surface area contributed by atoms with Crippen molar-refractivity contribution in [3.05, 3.63) is 107 Å². The Kier molecular flexibility index (Phi) is 4.20. The van der Waals surface area contributed by atoms with Gasteiger partial charge in [0.25, 0.3) is 11.8 Å². The van der Waals surface area contributed by atoms with Crippen LogP contribution < -0.4 is 0 Å². The predicted molar refractivity (Wildman–Crippen MR) is 134 cm³/mol. The van der Waals surface area contributed by atoms with Crippen LogP contribution in [0.1, 0.15) is 26.3 Å². The molecule has 2 heterocycles. The van der Waals surface area contributed by atoms with Crippen molar-refractivity contribution in [3.8, 4) is 16.8 Å². The van der Waals surface area contributed by atoms with Crippen LogP contribution in [0.5, 0.6) is 0 Å². The summed E-state index contributed by atoms with van der Waals surface area (Å²) in [6, 6.07) is 25.6. The van der Waals surface area contributed by atoms with Gasteiger partial charge >= 0.3 is 0 Å². The van der Waals surface area contributed by atoms with Gasteiger partial charge in [-0.2, -0.15) is 0 Å². The third kappa shape index (κ3) is 2.66. The van der Waals surface area contributed by atoms with Gasteiger partial charge in [0, 0.05) is 17.8 Å². The maximum absolute atomic E-state index is 13.1. The Morgan fingerprint density at radius 3 is 2.35 bits per heavy atom. The van der Waals surface area contributed by atoms with E-state index >= 15 is 0 Å². The molecule has 0 aliphatic carbocycles. The highest BCUT2D eigenvalue weighted by Gasteiger charge is 2.35. The van der Waals surface area contributed by atoms with E-state index in [2.05, 4.69) is 33.7 Å². The number of amides is 2. The van der Waals surface area contributed by atoms with E-state index < -0.39 is 0 Å². The van der Waals surface area contributed by atoms with Crippen LogP contribution in [-0.4, -0.2) is 28.3 Å². The van der Waals surface area contributed by atoms with Gasteiger partial charge in [-0.3, -0.25) is 14.5 Å². The number of hydrogen-bond donors (Lipinski definition) is 0. The van der Waals surface area contributed by atoms with Crippen LogP contribution in [-0.2, 0) is 0 Å². The molecule has 0 saturated heterocycles. The average molecular weight is 441 g/mol. The van der Waals surface area contributed by atoms with Gasteiger partial charge in [0.05, 0.1) is 34.4 Å². The number of rotatable bonds is 2. The first kappa shape index (κ1) is 20.0. The fourth-order valence-electron chi connectivity index (χ4n) is 5.01. The highest BCUT2D eigenvalue weighted by molar-refractivity contribution is 6.23. The molecule has 1 aromatic heterocycles. The van der Waals surface area contributed by atoms with Crippen molar-refractivity contribution < 1.29 is 9.59 Å². The van der Waals surface area contributed by atoms with Crippen molar-refractivity contribution in [2.24, 2.45) is 0 Å². The summed E-state index contributed by atoms with van der Waals surface area (Å²) >= 11 is 0. The second kappa shape index (κ2) is 7.16. The minimum absolute atomic E-state index is 0.279. The van der Waals surface area contributed by atoms with Crippen LogP contribution in [0, 0.1) is 13.5 Å². The van der Waals surface area contributed by atoms with Crippen LogP contribution >= 0.6 is 0 Å². The summed E-state index contributed by atoms with van der Waals surface area (Å²) in [5.41, 5.74) is 7.20. The zero-order valence-corrected chi connectivity index (χ0v) is 18.7. The van der Waals surface area contributed by atoms with Crippen LogP contribution in [0.15, 0.2) is 78.9 Å². The van der Waals surface area contributed by atoms with Gasteiger partial charge in [0.2, 0.25) is 0 Å². The lowest BCUT2D eigenvalue weighted by molar-refractivity contribution is 0.0693. The maximum Gasteiger partial charge on any atom is 0.263 e. The lowest BCUT2D eigenvalue weighted by Gasteiger charge is -2.13. The molecule has 0 spiro atoms. The van der Waals surface area contributed by atoms with E-state index in [1.54, 1.807) is 6.07 Å². The molecule has 5 nitrogen and oxygen atoms in total. The molecule has 34 heavy (non-hydrogen) atoms. The predicted octanol–water partition coefficient (Wildman–Crippen LogP) is 6.54. The van der Waals surface area contributed by atoms with E-state index in [-0.39, 0.29) is 11.8 Å². The summed E-state index contributed by atoms with van der Waals surface area (Å²) < 4.78 is 2.08. The molecule has 4 aromatic carbocycles. The van der Waals surface area contributed by atoms with Crippen molar-refractivity contribution in [2.45, 2.75) is 6.92 Å². The van der Waals surface area contributed by atoms with Gasteiger partial charge in [0.15, 0.2) is 5.69 Å². The molecular formula is C29H19N3O2. The quantitative estimate of drug-likeness (QED) is 0.231. The normalized spacial score (nSPS) is 13.0.